The van der Waals surface area contributed by atoms with Gasteiger partial charge in [0.25, 0.3) is 0 Å². The summed E-state index contributed by atoms with van der Waals surface area (Å²) in [5.74, 6) is 0.104. The number of nitrogens with zero attached hydrogens (tertiary/aromatic N) is 2. The molecule has 2 aromatic rings. The van der Waals surface area contributed by atoms with Crippen LogP contribution in [0, 0.1) is 0 Å². The lowest BCUT2D eigenvalue weighted by molar-refractivity contribution is 0.0459. The zero-order chi connectivity index (χ0) is 14.7. The average molecular weight is 313 g/mol. The number of imidazole rings is 1. The van der Waals surface area contributed by atoms with Crippen molar-refractivity contribution in [2.24, 2.45) is 7.05 Å². The Balaban J connectivity index is 2.01. The highest BCUT2D eigenvalue weighted by Gasteiger charge is 2.11. The van der Waals surface area contributed by atoms with Crippen molar-refractivity contribution in [2.75, 3.05) is 6.26 Å². The smallest absolute Gasteiger partial charge is 0.338 e. The molecular weight excluding hydrogens is 300 g/mol. The number of ether oxygens (including phenoxy) is 1. The summed E-state index contributed by atoms with van der Waals surface area (Å²) < 4.78 is 18.0. The van der Waals surface area contributed by atoms with E-state index in [1.165, 1.54) is 6.20 Å². The van der Waals surface area contributed by atoms with Crippen LogP contribution in [-0.2, 0) is 29.2 Å². The van der Waals surface area contributed by atoms with Crippen molar-refractivity contribution in [3.63, 3.8) is 0 Å². The average Bonchev–Trinajstić information content (AvgIpc) is 2.76. The van der Waals surface area contributed by atoms with Crippen LogP contribution in [0.25, 0.3) is 0 Å². The van der Waals surface area contributed by atoms with E-state index in [2.05, 4.69) is 4.98 Å². The van der Waals surface area contributed by atoms with E-state index >= 15 is 0 Å². The van der Waals surface area contributed by atoms with Crippen LogP contribution in [0.2, 0.25) is 5.15 Å². The first kappa shape index (κ1) is 14.7. The van der Waals surface area contributed by atoms with Gasteiger partial charge in [0.1, 0.15) is 17.6 Å². The predicted octanol–water partition coefficient (Wildman–Crippen LogP) is 2.17. The van der Waals surface area contributed by atoms with Gasteiger partial charge in [0.15, 0.2) is 0 Å². The Morgan fingerprint density at radius 1 is 1.40 bits per heavy atom. The molecule has 7 heteroatoms. The summed E-state index contributed by atoms with van der Waals surface area (Å²) >= 11 is 5.84. The first-order valence-electron chi connectivity index (χ1n) is 5.75. The second-order valence-electron chi connectivity index (χ2n) is 4.11. The molecule has 0 aliphatic carbocycles. The zero-order valence-corrected chi connectivity index (χ0v) is 12.6. The molecule has 0 fully saturated rings. The third-order valence-electron chi connectivity index (χ3n) is 2.78. The number of esters is 1. The molecule has 20 heavy (non-hydrogen) atoms. The molecule has 0 saturated carbocycles. The number of carbonyl (C=O) groups is 1. The quantitative estimate of drug-likeness (QED) is 0.812. The van der Waals surface area contributed by atoms with Gasteiger partial charge in [-0.3, -0.25) is 4.21 Å². The Hall–Kier alpha value is -1.66. The van der Waals surface area contributed by atoms with E-state index in [-0.39, 0.29) is 6.61 Å². The monoisotopic (exact) mass is 312 g/mol. The lowest BCUT2D eigenvalue weighted by atomic mass is 10.2. The van der Waals surface area contributed by atoms with Gasteiger partial charge in [-0.2, -0.15) is 0 Å². The summed E-state index contributed by atoms with van der Waals surface area (Å²) in [4.78, 5) is 16.5. The Morgan fingerprint density at radius 2 is 2.05 bits per heavy atom. The van der Waals surface area contributed by atoms with Gasteiger partial charge in [-0.05, 0) is 24.3 Å². The van der Waals surface area contributed by atoms with E-state index < -0.39 is 16.8 Å². The summed E-state index contributed by atoms with van der Waals surface area (Å²) in [6, 6.07) is 6.46. The molecule has 0 aliphatic heterocycles. The van der Waals surface area contributed by atoms with E-state index in [9.17, 15) is 9.00 Å². The molecule has 0 spiro atoms. The minimum atomic E-state index is -1.06. The van der Waals surface area contributed by atoms with Crippen LogP contribution >= 0.6 is 11.6 Å². The van der Waals surface area contributed by atoms with Crippen LogP contribution in [0.15, 0.2) is 35.4 Å². The molecule has 1 heterocycles. The third-order valence-corrected chi connectivity index (χ3v) is 4.07. The molecule has 2 rings (SSSR count). The normalized spacial score (nSPS) is 12.2. The fourth-order valence-corrected chi connectivity index (χ4v) is 2.22. The van der Waals surface area contributed by atoms with Crippen LogP contribution in [0.5, 0.6) is 0 Å². The van der Waals surface area contributed by atoms with Crippen molar-refractivity contribution in [3.8, 4) is 0 Å². The van der Waals surface area contributed by atoms with Crippen molar-refractivity contribution in [2.45, 2.75) is 11.5 Å². The van der Waals surface area contributed by atoms with Crippen molar-refractivity contribution < 1.29 is 13.7 Å². The molecule has 1 aromatic carbocycles. The number of halogens is 1. The maximum atomic E-state index is 11.8. The minimum absolute atomic E-state index is 0.0452. The Kier molecular flexibility index (Phi) is 4.57. The molecule has 1 atom stereocenters. The summed E-state index contributed by atoms with van der Waals surface area (Å²) in [5.41, 5.74) is 0.402. The molecule has 0 N–H and O–H groups in total. The van der Waals surface area contributed by atoms with Gasteiger partial charge in [0.05, 0.1) is 11.8 Å². The van der Waals surface area contributed by atoms with Gasteiger partial charge >= 0.3 is 5.97 Å². The number of hydrogen-bond donors (Lipinski definition) is 0. The van der Waals surface area contributed by atoms with E-state index in [1.807, 2.05) is 0 Å². The van der Waals surface area contributed by atoms with E-state index in [4.69, 9.17) is 16.3 Å². The van der Waals surface area contributed by atoms with Crippen LogP contribution in [0.4, 0.5) is 0 Å². The number of aromatic nitrogens is 2. The van der Waals surface area contributed by atoms with Gasteiger partial charge in [-0.1, -0.05) is 11.6 Å². The lowest BCUT2D eigenvalue weighted by Gasteiger charge is -2.05. The van der Waals surface area contributed by atoms with Crippen molar-refractivity contribution in [3.05, 3.63) is 47.0 Å². The summed E-state index contributed by atoms with van der Waals surface area (Å²) in [5, 5.41) is 0.478. The lowest BCUT2D eigenvalue weighted by Crippen LogP contribution is -2.08. The topological polar surface area (TPSA) is 61.2 Å². The van der Waals surface area contributed by atoms with E-state index in [1.54, 1.807) is 42.1 Å². The standard InChI is InChI=1S/C13H13ClN2O3S/c1-16-11(14)7-15-12(16)8-19-13(17)9-3-5-10(6-4-9)20(2)18/h3-7H,8H2,1-2H3. The van der Waals surface area contributed by atoms with Crippen molar-refractivity contribution >= 4 is 28.4 Å². The fourth-order valence-electron chi connectivity index (χ4n) is 1.55. The van der Waals surface area contributed by atoms with Gasteiger partial charge in [-0.15, -0.1) is 0 Å². The molecule has 106 valence electrons. The maximum absolute atomic E-state index is 11.8. The SMILES string of the molecule is Cn1c(Cl)cnc1COC(=O)c1ccc(S(C)=O)cc1. The van der Waals surface area contributed by atoms with E-state index in [0.717, 1.165) is 0 Å². The molecule has 0 saturated heterocycles. The highest BCUT2D eigenvalue weighted by Crippen LogP contribution is 2.12. The van der Waals surface area contributed by atoms with Crippen LogP contribution < -0.4 is 0 Å². The second kappa shape index (κ2) is 6.19. The molecule has 1 aromatic heterocycles. The van der Waals surface area contributed by atoms with Crippen LogP contribution in [-0.4, -0.2) is 26.0 Å². The first-order valence-corrected chi connectivity index (χ1v) is 7.69. The predicted molar refractivity (Wildman–Crippen MR) is 76.1 cm³/mol. The van der Waals surface area contributed by atoms with Gasteiger partial charge < -0.3 is 9.30 Å². The van der Waals surface area contributed by atoms with Gasteiger partial charge in [0, 0.05) is 29.0 Å². The van der Waals surface area contributed by atoms with Gasteiger partial charge in [0.2, 0.25) is 0 Å². The molecule has 5 nitrogen and oxygen atoms in total. The maximum Gasteiger partial charge on any atom is 0.338 e. The summed E-state index contributed by atoms with van der Waals surface area (Å²) in [6.45, 7) is 0.0452. The largest absolute Gasteiger partial charge is 0.454 e. The number of carbonyl (C=O) groups excluding carboxylic acids is 1. The second-order valence-corrected chi connectivity index (χ2v) is 5.88. The Morgan fingerprint density at radius 3 is 2.55 bits per heavy atom. The number of hydrogen-bond acceptors (Lipinski definition) is 4. The summed E-state index contributed by atoms with van der Waals surface area (Å²) in [6.07, 6.45) is 3.08. The van der Waals surface area contributed by atoms with Crippen LogP contribution in [0.1, 0.15) is 16.2 Å². The third kappa shape index (κ3) is 3.26. The molecule has 0 bridgehead atoms. The molecule has 0 radical (unpaired) electrons. The Labute approximate surface area is 124 Å². The number of rotatable bonds is 4. The van der Waals surface area contributed by atoms with E-state index in [0.29, 0.717) is 21.4 Å². The summed E-state index contributed by atoms with van der Waals surface area (Å²) in [7, 11) is 0.676. The molecule has 0 amide bonds. The highest BCUT2D eigenvalue weighted by atomic mass is 35.5. The molecular formula is C13H13ClN2O3S. The first-order chi connectivity index (χ1) is 9.49. The van der Waals surface area contributed by atoms with Crippen LogP contribution in [0.3, 0.4) is 0 Å². The van der Waals surface area contributed by atoms with Crippen molar-refractivity contribution in [1.82, 2.24) is 9.55 Å². The molecule has 1 unspecified atom stereocenters. The van der Waals surface area contributed by atoms with Crippen molar-refractivity contribution in [1.29, 1.82) is 0 Å². The van der Waals surface area contributed by atoms with Gasteiger partial charge in [-0.25, -0.2) is 9.78 Å². The highest BCUT2D eigenvalue weighted by molar-refractivity contribution is 7.84. The minimum Gasteiger partial charge on any atom is -0.454 e. The Bertz CT molecular complexity index is 652. The number of benzene rings is 1. The fraction of sp³-hybridized carbons (Fsp3) is 0.231. The zero-order valence-electron chi connectivity index (χ0n) is 11.0. The molecule has 0 aliphatic rings.